The lowest BCUT2D eigenvalue weighted by molar-refractivity contribution is 0.0568. The van der Waals surface area contributed by atoms with Gasteiger partial charge in [-0.2, -0.15) is 0 Å². The van der Waals surface area contributed by atoms with Crippen LogP contribution >= 0.6 is 0 Å². The van der Waals surface area contributed by atoms with E-state index in [9.17, 15) is 4.79 Å². The Kier molecular flexibility index (Phi) is 3.71. The fraction of sp³-hybridized carbons (Fsp3) is 0.533. The first-order valence-corrected chi connectivity index (χ1v) is 6.59. The zero-order valence-electron chi connectivity index (χ0n) is 11.3. The SMILES string of the molecule is Cc1ccc(C(=O)N(C)CC2(CN)CCC2)cc1. The summed E-state index contributed by atoms with van der Waals surface area (Å²) in [5.41, 5.74) is 7.95. The van der Waals surface area contributed by atoms with Crippen molar-refractivity contribution in [3.8, 4) is 0 Å². The van der Waals surface area contributed by atoms with E-state index in [0.717, 1.165) is 24.9 Å². The zero-order valence-corrected chi connectivity index (χ0v) is 11.3. The Morgan fingerprint density at radius 1 is 1.33 bits per heavy atom. The molecule has 0 heterocycles. The molecular weight excluding hydrogens is 224 g/mol. The van der Waals surface area contributed by atoms with Gasteiger partial charge in [0.1, 0.15) is 0 Å². The predicted octanol–water partition coefficient (Wildman–Crippen LogP) is 2.20. The first-order valence-electron chi connectivity index (χ1n) is 6.59. The lowest BCUT2D eigenvalue weighted by Gasteiger charge is -2.43. The molecule has 1 aliphatic rings. The fourth-order valence-corrected chi connectivity index (χ4v) is 2.60. The minimum Gasteiger partial charge on any atom is -0.341 e. The maximum atomic E-state index is 12.3. The van der Waals surface area contributed by atoms with E-state index in [1.807, 2.05) is 43.1 Å². The molecule has 2 rings (SSSR count). The molecule has 1 amide bonds. The second kappa shape index (κ2) is 5.11. The predicted molar refractivity (Wildman–Crippen MR) is 73.5 cm³/mol. The minimum atomic E-state index is 0.0923. The molecule has 18 heavy (non-hydrogen) atoms. The molecule has 1 fully saturated rings. The third-order valence-electron chi connectivity index (χ3n) is 4.07. The molecule has 0 unspecified atom stereocenters. The van der Waals surface area contributed by atoms with E-state index in [1.54, 1.807) is 0 Å². The zero-order chi connectivity index (χ0) is 13.2. The Labute approximate surface area is 109 Å². The van der Waals surface area contributed by atoms with Gasteiger partial charge in [0.2, 0.25) is 0 Å². The van der Waals surface area contributed by atoms with Crippen LogP contribution in [0.2, 0.25) is 0 Å². The molecule has 1 aromatic carbocycles. The fourth-order valence-electron chi connectivity index (χ4n) is 2.60. The van der Waals surface area contributed by atoms with Crippen LogP contribution < -0.4 is 5.73 Å². The highest BCUT2D eigenvalue weighted by Gasteiger charge is 2.37. The van der Waals surface area contributed by atoms with Crippen molar-refractivity contribution in [1.82, 2.24) is 4.90 Å². The van der Waals surface area contributed by atoms with Crippen LogP contribution in [0.5, 0.6) is 0 Å². The first-order chi connectivity index (χ1) is 8.56. The number of carbonyl (C=O) groups excluding carboxylic acids is 1. The first kappa shape index (κ1) is 13.1. The molecule has 0 aromatic heterocycles. The maximum absolute atomic E-state index is 12.3. The van der Waals surface area contributed by atoms with E-state index in [2.05, 4.69) is 0 Å². The van der Waals surface area contributed by atoms with Crippen LogP contribution in [0.4, 0.5) is 0 Å². The van der Waals surface area contributed by atoms with Gasteiger partial charge in [0.25, 0.3) is 5.91 Å². The van der Waals surface area contributed by atoms with Crippen molar-refractivity contribution in [2.75, 3.05) is 20.1 Å². The summed E-state index contributed by atoms with van der Waals surface area (Å²) in [5.74, 6) is 0.0923. The van der Waals surface area contributed by atoms with Gasteiger partial charge in [0.15, 0.2) is 0 Å². The molecule has 1 aliphatic carbocycles. The molecular formula is C15H22N2O. The third-order valence-corrected chi connectivity index (χ3v) is 4.07. The topological polar surface area (TPSA) is 46.3 Å². The van der Waals surface area contributed by atoms with Gasteiger partial charge in [0.05, 0.1) is 0 Å². The molecule has 0 aliphatic heterocycles. The lowest BCUT2D eigenvalue weighted by atomic mass is 9.68. The van der Waals surface area contributed by atoms with Gasteiger partial charge in [-0.15, -0.1) is 0 Å². The second-order valence-corrected chi connectivity index (χ2v) is 5.58. The molecule has 1 saturated carbocycles. The summed E-state index contributed by atoms with van der Waals surface area (Å²) in [6, 6.07) is 7.74. The van der Waals surface area contributed by atoms with E-state index in [4.69, 9.17) is 5.73 Å². The standard InChI is InChI=1S/C15H22N2O/c1-12-4-6-13(7-5-12)14(18)17(2)11-15(10-16)8-3-9-15/h4-7H,3,8-11,16H2,1-2H3. The van der Waals surface area contributed by atoms with Crippen molar-refractivity contribution in [3.05, 3.63) is 35.4 Å². The highest BCUT2D eigenvalue weighted by molar-refractivity contribution is 5.94. The van der Waals surface area contributed by atoms with Gasteiger partial charge < -0.3 is 10.6 Å². The lowest BCUT2D eigenvalue weighted by Crippen LogP contribution is -2.47. The van der Waals surface area contributed by atoms with Crippen LogP contribution in [0, 0.1) is 12.3 Å². The Bertz CT molecular complexity index is 415. The molecule has 0 saturated heterocycles. The summed E-state index contributed by atoms with van der Waals surface area (Å²) in [6.07, 6.45) is 3.54. The summed E-state index contributed by atoms with van der Waals surface area (Å²) in [6.45, 7) is 3.48. The second-order valence-electron chi connectivity index (χ2n) is 5.58. The molecule has 3 heteroatoms. The van der Waals surface area contributed by atoms with E-state index in [0.29, 0.717) is 6.54 Å². The Morgan fingerprint density at radius 2 is 1.94 bits per heavy atom. The van der Waals surface area contributed by atoms with E-state index < -0.39 is 0 Å². The molecule has 0 radical (unpaired) electrons. The third kappa shape index (κ3) is 2.56. The van der Waals surface area contributed by atoms with Crippen LogP contribution in [0.15, 0.2) is 24.3 Å². The van der Waals surface area contributed by atoms with Gasteiger partial charge in [-0.25, -0.2) is 0 Å². The highest BCUT2D eigenvalue weighted by atomic mass is 16.2. The Hall–Kier alpha value is -1.35. The van der Waals surface area contributed by atoms with Gasteiger partial charge >= 0.3 is 0 Å². The smallest absolute Gasteiger partial charge is 0.253 e. The average Bonchev–Trinajstić information content (AvgIpc) is 2.33. The number of nitrogens with zero attached hydrogens (tertiary/aromatic N) is 1. The summed E-state index contributed by atoms with van der Waals surface area (Å²) < 4.78 is 0. The number of amides is 1. The van der Waals surface area contributed by atoms with Crippen LogP contribution in [0.25, 0.3) is 0 Å². The number of benzene rings is 1. The van der Waals surface area contributed by atoms with Crippen molar-refractivity contribution in [1.29, 1.82) is 0 Å². The van der Waals surface area contributed by atoms with Crippen LogP contribution in [-0.2, 0) is 0 Å². The monoisotopic (exact) mass is 246 g/mol. The molecule has 3 nitrogen and oxygen atoms in total. The molecule has 0 bridgehead atoms. The molecule has 1 aromatic rings. The normalized spacial score (nSPS) is 17.1. The van der Waals surface area contributed by atoms with Crippen molar-refractivity contribution in [3.63, 3.8) is 0 Å². The summed E-state index contributed by atoms with van der Waals surface area (Å²) in [5, 5.41) is 0. The number of aryl methyl sites for hydroxylation is 1. The molecule has 98 valence electrons. The van der Waals surface area contributed by atoms with Crippen LogP contribution in [0.3, 0.4) is 0 Å². The van der Waals surface area contributed by atoms with Gasteiger partial charge in [0, 0.05) is 24.6 Å². The van der Waals surface area contributed by atoms with Gasteiger partial charge in [-0.05, 0) is 38.4 Å². The molecule has 0 spiro atoms. The van der Waals surface area contributed by atoms with Gasteiger partial charge in [-0.3, -0.25) is 4.79 Å². The number of rotatable bonds is 4. The summed E-state index contributed by atoms with van der Waals surface area (Å²) >= 11 is 0. The van der Waals surface area contributed by atoms with Crippen molar-refractivity contribution >= 4 is 5.91 Å². The van der Waals surface area contributed by atoms with Crippen LogP contribution in [0.1, 0.15) is 35.2 Å². The largest absolute Gasteiger partial charge is 0.341 e. The highest BCUT2D eigenvalue weighted by Crippen LogP contribution is 2.40. The number of nitrogens with two attached hydrogens (primary N) is 1. The van der Waals surface area contributed by atoms with Crippen molar-refractivity contribution in [2.45, 2.75) is 26.2 Å². The van der Waals surface area contributed by atoms with Crippen molar-refractivity contribution < 1.29 is 4.79 Å². The van der Waals surface area contributed by atoms with Gasteiger partial charge in [-0.1, -0.05) is 24.1 Å². The number of carbonyl (C=O) groups is 1. The molecule has 0 atom stereocenters. The average molecular weight is 246 g/mol. The van der Waals surface area contributed by atoms with E-state index >= 15 is 0 Å². The van der Waals surface area contributed by atoms with E-state index in [-0.39, 0.29) is 11.3 Å². The molecule has 2 N–H and O–H groups in total. The van der Waals surface area contributed by atoms with E-state index in [1.165, 1.54) is 12.0 Å². The van der Waals surface area contributed by atoms with Crippen molar-refractivity contribution in [2.24, 2.45) is 11.1 Å². The Balaban J connectivity index is 2.02. The summed E-state index contributed by atoms with van der Waals surface area (Å²) in [7, 11) is 1.87. The maximum Gasteiger partial charge on any atom is 0.253 e. The number of hydrogen-bond acceptors (Lipinski definition) is 2. The number of hydrogen-bond donors (Lipinski definition) is 1. The Morgan fingerprint density at radius 3 is 2.39 bits per heavy atom. The summed E-state index contributed by atoms with van der Waals surface area (Å²) in [4.78, 5) is 14.1. The minimum absolute atomic E-state index is 0.0923. The van der Waals surface area contributed by atoms with Crippen LogP contribution in [-0.4, -0.2) is 30.9 Å². The quantitative estimate of drug-likeness (QED) is 0.885.